The van der Waals surface area contributed by atoms with Crippen LogP contribution in [0, 0.1) is 5.92 Å². The Balaban J connectivity index is 0.00000217. The molecule has 3 fully saturated rings. The molecule has 3 aliphatic carbocycles. The van der Waals surface area contributed by atoms with Crippen molar-refractivity contribution in [2.75, 3.05) is 13.1 Å². The zero-order chi connectivity index (χ0) is 22.4. The van der Waals surface area contributed by atoms with E-state index in [4.69, 9.17) is 21.1 Å². The predicted octanol–water partition coefficient (Wildman–Crippen LogP) is 4.83. The second-order valence-electron chi connectivity index (χ2n) is 10.6. The van der Waals surface area contributed by atoms with E-state index in [1.807, 2.05) is 30.3 Å². The number of piperidine rings is 1. The number of hydrogen-bond acceptors (Lipinski definition) is 5. The average Bonchev–Trinajstić information content (AvgIpc) is 3.56. The van der Waals surface area contributed by atoms with Gasteiger partial charge in [-0.15, -0.1) is 12.4 Å². The molecular formula is C27H29Cl2NO4. The van der Waals surface area contributed by atoms with Crippen LogP contribution in [0.15, 0.2) is 36.4 Å². The van der Waals surface area contributed by atoms with Crippen LogP contribution in [0.3, 0.4) is 0 Å². The topological polar surface area (TPSA) is 59.0 Å². The van der Waals surface area contributed by atoms with Crippen molar-refractivity contribution in [2.45, 2.75) is 68.3 Å². The molecule has 4 atom stereocenters. The highest BCUT2D eigenvalue weighted by molar-refractivity contribution is 6.30. The highest BCUT2D eigenvalue weighted by atomic mass is 35.5. The van der Waals surface area contributed by atoms with E-state index in [0.29, 0.717) is 30.2 Å². The van der Waals surface area contributed by atoms with E-state index in [-0.39, 0.29) is 30.0 Å². The minimum atomic E-state index is -0.579. The Morgan fingerprint density at radius 1 is 1.15 bits per heavy atom. The number of carbonyl (C=O) groups excluding carboxylic acids is 1. The van der Waals surface area contributed by atoms with Gasteiger partial charge in [-0.05, 0) is 73.9 Å². The number of hydrogen-bond donors (Lipinski definition) is 1. The first-order chi connectivity index (χ1) is 16.0. The number of ether oxygens (including phenoxy) is 2. The first-order valence-electron chi connectivity index (χ1n) is 12.2. The number of benzene rings is 2. The summed E-state index contributed by atoms with van der Waals surface area (Å²) < 4.78 is 13.4. The highest BCUT2D eigenvalue weighted by Crippen LogP contribution is 2.66. The molecule has 1 unspecified atom stereocenters. The third-order valence-electron chi connectivity index (χ3n) is 8.93. The van der Waals surface area contributed by atoms with Crippen LogP contribution in [0.1, 0.15) is 48.8 Å². The number of Topliss-reactive ketones (excluding diaryl/α,β-unsaturated/α-hetero) is 1. The van der Waals surface area contributed by atoms with Crippen molar-refractivity contribution in [3.8, 4) is 11.5 Å². The SMILES string of the molecule is Cl.O=C1CC[C@@]2(OCc3ccc(Cl)cc3)[C@H]3Cc4ccc(O)c5c4[C@@]2(CCN3CC2CC2)C1O5. The maximum atomic E-state index is 13.3. The Bertz CT molecular complexity index is 1150. The lowest BCUT2D eigenvalue weighted by Gasteiger charge is -2.64. The first kappa shape index (κ1) is 22.7. The fourth-order valence-electron chi connectivity index (χ4n) is 7.32. The summed E-state index contributed by atoms with van der Waals surface area (Å²) in [5.74, 6) is 1.57. The van der Waals surface area contributed by atoms with Gasteiger partial charge in [0.2, 0.25) is 0 Å². The number of halogens is 2. The number of nitrogens with zero attached hydrogens (tertiary/aromatic N) is 1. The lowest BCUT2D eigenvalue weighted by Crippen LogP contribution is -2.77. The molecule has 1 N–H and O–H groups in total. The van der Waals surface area contributed by atoms with Crippen LogP contribution in [0.4, 0.5) is 0 Å². The van der Waals surface area contributed by atoms with Gasteiger partial charge >= 0.3 is 0 Å². The number of carbonyl (C=O) groups is 1. The molecule has 34 heavy (non-hydrogen) atoms. The summed E-state index contributed by atoms with van der Waals surface area (Å²) in [6.07, 6.45) is 4.87. The Kier molecular flexibility index (Phi) is 5.24. The summed E-state index contributed by atoms with van der Waals surface area (Å²) in [6.45, 7) is 2.51. The van der Waals surface area contributed by atoms with Gasteiger partial charge in [0.1, 0.15) is 0 Å². The number of phenolic OH excluding ortho intramolecular Hbond substituents is 1. The number of aromatic hydroxyl groups is 1. The van der Waals surface area contributed by atoms with Crippen molar-refractivity contribution in [1.29, 1.82) is 0 Å². The van der Waals surface area contributed by atoms with Crippen LogP contribution in [0.5, 0.6) is 11.5 Å². The van der Waals surface area contributed by atoms with E-state index >= 15 is 0 Å². The smallest absolute Gasteiger partial charge is 0.174 e. The Morgan fingerprint density at radius 2 is 1.94 bits per heavy atom. The maximum Gasteiger partial charge on any atom is 0.174 e. The van der Waals surface area contributed by atoms with Gasteiger partial charge in [0.25, 0.3) is 0 Å². The minimum absolute atomic E-state index is 0. The van der Waals surface area contributed by atoms with Crippen molar-refractivity contribution in [2.24, 2.45) is 5.92 Å². The first-order valence-corrected chi connectivity index (χ1v) is 12.6. The molecule has 1 spiro atoms. The molecule has 7 heteroatoms. The second kappa shape index (κ2) is 7.86. The molecule has 2 bridgehead atoms. The van der Waals surface area contributed by atoms with Crippen LogP contribution < -0.4 is 4.74 Å². The third kappa shape index (κ3) is 2.97. The second-order valence-corrected chi connectivity index (χ2v) is 11.0. The monoisotopic (exact) mass is 501 g/mol. The summed E-state index contributed by atoms with van der Waals surface area (Å²) in [7, 11) is 0. The van der Waals surface area contributed by atoms with E-state index in [2.05, 4.69) is 4.90 Å². The molecule has 2 aromatic rings. The third-order valence-corrected chi connectivity index (χ3v) is 9.18. The van der Waals surface area contributed by atoms with Gasteiger partial charge in [-0.1, -0.05) is 29.8 Å². The zero-order valence-corrected chi connectivity index (χ0v) is 20.5. The lowest BCUT2D eigenvalue weighted by molar-refractivity contribution is -0.218. The van der Waals surface area contributed by atoms with E-state index in [1.54, 1.807) is 6.07 Å². The van der Waals surface area contributed by atoms with Gasteiger partial charge in [-0.3, -0.25) is 9.69 Å². The zero-order valence-electron chi connectivity index (χ0n) is 19.0. The molecule has 5 nitrogen and oxygen atoms in total. The van der Waals surface area contributed by atoms with Crippen LogP contribution in [0.25, 0.3) is 0 Å². The molecule has 1 saturated heterocycles. The van der Waals surface area contributed by atoms with Gasteiger partial charge in [0.05, 0.1) is 17.6 Å². The number of phenols is 1. The van der Waals surface area contributed by atoms with Crippen molar-refractivity contribution in [3.63, 3.8) is 0 Å². The largest absolute Gasteiger partial charge is 0.504 e. The fourth-order valence-corrected chi connectivity index (χ4v) is 7.45. The van der Waals surface area contributed by atoms with Crippen LogP contribution in [-0.2, 0) is 28.0 Å². The summed E-state index contributed by atoms with van der Waals surface area (Å²) in [4.78, 5) is 15.9. The summed E-state index contributed by atoms with van der Waals surface area (Å²) in [5.41, 5.74) is 2.26. The molecule has 0 amide bonds. The average molecular weight is 502 g/mol. The van der Waals surface area contributed by atoms with E-state index in [1.165, 1.54) is 18.4 Å². The normalized spacial score (nSPS) is 33.1. The van der Waals surface area contributed by atoms with Crippen LogP contribution in [-0.4, -0.2) is 46.6 Å². The van der Waals surface area contributed by atoms with Crippen molar-refractivity contribution in [1.82, 2.24) is 4.90 Å². The van der Waals surface area contributed by atoms with E-state index in [0.717, 1.165) is 43.0 Å². The van der Waals surface area contributed by atoms with Crippen molar-refractivity contribution >= 4 is 29.8 Å². The quantitative estimate of drug-likeness (QED) is 0.635. The molecule has 2 aliphatic heterocycles. The molecule has 5 aliphatic rings. The van der Waals surface area contributed by atoms with E-state index in [9.17, 15) is 9.90 Å². The Hall–Kier alpha value is -1.79. The molecule has 0 radical (unpaired) electrons. The maximum absolute atomic E-state index is 13.3. The molecule has 180 valence electrons. The van der Waals surface area contributed by atoms with Crippen LogP contribution >= 0.6 is 24.0 Å². The van der Waals surface area contributed by atoms with Gasteiger partial charge in [-0.25, -0.2) is 0 Å². The van der Waals surface area contributed by atoms with Gasteiger partial charge in [0, 0.05) is 29.6 Å². The summed E-state index contributed by atoms with van der Waals surface area (Å²) >= 11 is 6.11. The number of rotatable bonds is 5. The van der Waals surface area contributed by atoms with Crippen molar-refractivity contribution in [3.05, 3.63) is 58.1 Å². The molecule has 2 saturated carbocycles. The fraction of sp³-hybridized carbons (Fsp3) is 0.519. The Morgan fingerprint density at radius 3 is 2.71 bits per heavy atom. The standard InChI is InChI=1S/C27H28ClNO4.ClH/c28-19-6-3-17(4-7-19)15-32-27-10-9-21(31)25-26(27)11-12-29(14-16-1-2-16)22(27)13-18-5-8-20(30)24(33-25)23(18)26;/h3-8,16,22,25,30H,1-2,9-15H2;1H/t22-,25?,26+,27-;/m1./s1. The van der Waals surface area contributed by atoms with E-state index < -0.39 is 17.1 Å². The summed E-state index contributed by atoms with van der Waals surface area (Å²) in [6, 6.07) is 11.8. The molecule has 0 aromatic heterocycles. The highest BCUT2D eigenvalue weighted by Gasteiger charge is 2.74. The number of likely N-dealkylation sites (tertiary alicyclic amines) is 1. The van der Waals surface area contributed by atoms with Gasteiger partial charge in [-0.2, -0.15) is 0 Å². The van der Waals surface area contributed by atoms with Crippen LogP contribution in [0.2, 0.25) is 5.02 Å². The summed E-state index contributed by atoms with van der Waals surface area (Å²) in [5, 5.41) is 11.4. The molecular weight excluding hydrogens is 473 g/mol. The predicted molar refractivity (Wildman–Crippen MR) is 131 cm³/mol. The Labute approximate surface area is 210 Å². The number of ketones is 1. The van der Waals surface area contributed by atoms with Crippen molar-refractivity contribution < 1.29 is 19.4 Å². The lowest BCUT2D eigenvalue weighted by atomic mass is 9.48. The molecule has 7 rings (SSSR count). The van der Waals surface area contributed by atoms with Gasteiger partial charge < -0.3 is 14.6 Å². The minimum Gasteiger partial charge on any atom is -0.504 e. The molecule has 2 aromatic carbocycles. The van der Waals surface area contributed by atoms with Gasteiger partial charge in [0.15, 0.2) is 23.4 Å². The molecule has 2 heterocycles.